The van der Waals surface area contributed by atoms with E-state index in [0.717, 1.165) is 16.7 Å². The van der Waals surface area contributed by atoms with Gasteiger partial charge in [-0.25, -0.2) is 4.79 Å². The maximum absolute atomic E-state index is 10.9. The summed E-state index contributed by atoms with van der Waals surface area (Å²) in [5.41, 5.74) is 2.89. The Hall–Kier alpha value is -1.51. The van der Waals surface area contributed by atoms with Crippen molar-refractivity contribution in [2.24, 2.45) is 0 Å². The number of carbonyl (C=O) groups is 1. The lowest BCUT2D eigenvalue weighted by Gasteiger charge is -2.06. The van der Waals surface area contributed by atoms with Gasteiger partial charge in [0.2, 0.25) is 0 Å². The van der Waals surface area contributed by atoms with E-state index in [1.54, 1.807) is 12.1 Å². The molecule has 0 fully saturated rings. The van der Waals surface area contributed by atoms with Gasteiger partial charge in [-0.2, -0.15) is 0 Å². The van der Waals surface area contributed by atoms with E-state index in [1.807, 2.05) is 25.1 Å². The number of hydrogen-bond acceptors (Lipinski definition) is 1. The van der Waals surface area contributed by atoms with Crippen molar-refractivity contribution in [2.75, 3.05) is 0 Å². The summed E-state index contributed by atoms with van der Waals surface area (Å²) in [5.74, 6) is -1.03. The minimum atomic E-state index is -1.03. The van der Waals surface area contributed by atoms with Crippen LogP contribution in [-0.4, -0.2) is 11.1 Å². The highest BCUT2D eigenvalue weighted by Gasteiger charge is 2.10. The minimum absolute atomic E-state index is 0.103. The lowest BCUT2D eigenvalue weighted by atomic mass is 10.0. The SMILES string of the molecule is Cc1cc(-c2ccc(C(=O)O)c(Cl)c2)ccc1Cl. The van der Waals surface area contributed by atoms with Crippen molar-refractivity contribution >= 4 is 29.2 Å². The van der Waals surface area contributed by atoms with Gasteiger partial charge in [-0.3, -0.25) is 0 Å². The zero-order valence-electron chi connectivity index (χ0n) is 9.58. The number of halogens is 2. The molecule has 4 heteroatoms. The van der Waals surface area contributed by atoms with Crippen LogP contribution in [0, 0.1) is 6.92 Å². The van der Waals surface area contributed by atoms with E-state index in [4.69, 9.17) is 28.3 Å². The second-order valence-electron chi connectivity index (χ2n) is 3.96. The first-order valence-electron chi connectivity index (χ1n) is 5.28. The van der Waals surface area contributed by atoms with Gasteiger partial charge in [0.25, 0.3) is 0 Å². The fourth-order valence-electron chi connectivity index (χ4n) is 1.69. The predicted octanol–water partition coefficient (Wildman–Crippen LogP) is 4.67. The molecule has 2 rings (SSSR count). The summed E-state index contributed by atoms with van der Waals surface area (Å²) >= 11 is 11.9. The summed E-state index contributed by atoms with van der Waals surface area (Å²) in [6.45, 7) is 1.92. The summed E-state index contributed by atoms with van der Waals surface area (Å²) in [6, 6.07) is 10.5. The first-order valence-corrected chi connectivity index (χ1v) is 6.04. The number of carboxylic acid groups (broad SMARTS) is 1. The molecular formula is C14H10Cl2O2. The fourth-order valence-corrected chi connectivity index (χ4v) is 2.07. The van der Waals surface area contributed by atoms with Gasteiger partial charge in [0.1, 0.15) is 0 Å². The Bertz CT molecular complexity index is 621. The van der Waals surface area contributed by atoms with Crippen molar-refractivity contribution in [3.8, 4) is 11.1 Å². The third-order valence-electron chi connectivity index (χ3n) is 2.69. The zero-order chi connectivity index (χ0) is 13.3. The first kappa shape index (κ1) is 12.9. The van der Waals surface area contributed by atoms with Gasteiger partial charge in [-0.05, 0) is 47.9 Å². The molecule has 0 spiro atoms. The van der Waals surface area contributed by atoms with Crippen LogP contribution in [0.3, 0.4) is 0 Å². The average molecular weight is 281 g/mol. The molecule has 0 unspecified atom stereocenters. The molecule has 2 nitrogen and oxygen atoms in total. The second-order valence-corrected chi connectivity index (χ2v) is 4.78. The third kappa shape index (κ3) is 2.50. The summed E-state index contributed by atoms with van der Waals surface area (Å²) in [7, 11) is 0. The molecule has 0 atom stereocenters. The van der Waals surface area contributed by atoms with Crippen molar-refractivity contribution in [3.63, 3.8) is 0 Å². The van der Waals surface area contributed by atoms with E-state index in [9.17, 15) is 4.79 Å². The number of rotatable bonds is 2. The van der Waals surface area contributed by atoms with Crippen molar-refractivity contribution < 1.29 is 9.90 Å². The molecule has 0 bridgehead atoms. The van der Waals surface area contributed by atoms with Crippen LogP contribution in [0.2, 0.25) is 10.0 Å². The lowest BCUT2D eigenvalue weighted by Crippen LogP contribution is -1.97. The van der Waals surface area contributed by atoms with Crippen LogP contribution in [-0.2, 0) is 0 Å². The Kier molecular flexibility index (Phi) is 3.60. The molecule has 0 aromatic heterocycles. The Morgan fingerprint density at radius 2 is 1.61 bits per heavy atom. The van der Waals surface area contributed by atoms with Gasteiger partial charge < -0.3 is 5.11 Å². The number of aryl methyl sites for hydroxylation is 1. The largest absolute Gasteiger partial charge is 0.478 e. The van der Waals surface area contributed by atoms with Crippen molar-refractivity contribution in [1.29, 1.82) is 0 Å². The number of benzene rings is 2. The molecule has 0 aliphatic heterocycles. The Morgan fingerprint density at radius 1 is 1.00 bits per heavy atom. The smallest absolute Gasteiger partial charge is 0.337 e. The first-order chi connectivity index (χ1) is 8.49. The molecule has 0 saturated carbocycles. The molecule has 0 radical (unpaired) electrons. The molecular weight excluding hydrogens is 271 g/mol. The molecule has 2 aromatic carbocycles. The van der Waals surface area contributed by atoms with Crippen molar-refractivity contribution in [2.45, 2.75) is 6.92 Å². The molecule has 1 N–H and O–H groups in total. The third-order valence-corrected chi connectivity index (χ3v) is 3.43. The summed E-state index contributed by atoms with van der Waals surface area (Å²) in [5, 5.41) is 9.84. The van der Waals surface area contributed by atoms with Gasteiger partial charge >= 0.3 is 5.97 Å². The monoisotopic (exact) mass is 280 g/mol. The summed E-state index contributed by atoms with van der Waals surface area (Å²) < 4.78 is 0. The van der Waals surface area contributed by atoms with Gasteiger partial charge in [0, 0.05) is 5.02 Å². The van der Waals surface area contributed by atoms with Crippen LogP contribution in [0.5, 0.6) is 0 Å². The van der Waals surface area contributed by atoms with Crippen LogP contribution in [0.25, 0.3) is 11.1 Å². The van der Waals surface area contributed by atoms with Gasteiger partial charge in [0.15, 0.2) is 0 Å². The zero-order valence-corrected chi connectivity index (χ0v) is 11.1. The maximum Gasteiger partial charge on any atom is 0.337 e. The van der Waals surface area contributed by atoms with Crippen LogP contribution in [0.15, 0.2) is 36.4 Å². The normalized spacial score (nSPS) is 10.4. The molecule has 0 amide bonds. The van der Waals surface area contributed by atoms with Gasteiger partial charge in [-0.15, -0.1) is 0 Å². The molecule has 0 heterocycles. The van der Waals surface area contributed by atoms with Crippen molar-refractivity contribution in [3.05, 3.63) is 57.6 Å². The Morgan fingerprint density at radius 3 is 2.17 bits per heavy atom. The summed E-state index contributed by atoms with van der Waals surface area (Å²) in [6.07, 6.45) is 0. The molecule has 0 aliphatic rings. The van der Waals surface area contributed by atoms with E-state index >= 15 is 0 Å². The van der Waals surface area contributed by atoms with E-state index in [0.29, 0.717) is 5.02 Å². The minimum Gasteiger partial charge on any atom is -0.478 e. The molecule has 0 aliphatic carbocycles. The van der Waals surface area contributed by atoms with Crippen molar-refractivity contribution in [1.82, 2.24) is 0 Å². The average Bonchev–Trinajstić information content (AvgIpc) is 2.32. The lowest BCUT2D eigenvalue weighted by molar-refractivity contribution is 0.0697. The topological polar surface area (TPSA) is 37.3 Å². The highest BCUT2D eigenvalue weighted by Crippen LogP contribution is 2.28. The maximum atomic E-state index is 10.9. The van der Waals surface area contributed by atoms with E-state index < -0.39 is 5.97 Å². The predicted molar refractivity (Wildman–Crippen MR) is 73.6 cm³/mol. The fraction of sp³-hybridized carbons (Fsp3) is 0.0714. The number of hydrogen-bond donors (Lipinski definition) is 1. The highest BCUT2D eigenvalue weighted by molar-refractivity contribution is 6.33. The Labute approximate surface area is 115 Å². The van der Waals surface area contributed by atoms with Crippen LogP contribution in [0.4, 0.5) is 0 Å². The van der Waals surface area contributed by atoms with Gasteiger partial charge in [-0.1, -0.05) is 35.3 Å². The van der Waals surface area contributed by atoms with Crippen LogP contribution < -0.4 is 0 Å². The molecule has 0 saturated heterocycles. The highest BCUT2D eigenvalue weighted by atomic mass is 35.5. The number of aromatic carboxylic acids is 1. The molecule has 18 heavy (non-hydrogen) atoms. The Balaban J connectivity index is 2.48. The molecule has 92 valence electrons. The number of carboxylic acids is 1. The van der Waals surface area contributed by atoms with Crippen LogP contribution in [0.1, 0.15) is 15.9 Å². The van der Waals surface area contributed by atoms with E-state index in [2.05, 4.69) is 0 Å². The quantitative estimate of drug-likeness (QED) is 0.868. The second kappa shape index (κ2) is 5.01. The van der Waals surface area contributed by atoms with Crippen LogP contribution >= 0.6 is 23.2 Å². The molecule has 2 aromatic rings. The standard InChI is InChI=1S/C14H10Cl2O2/c1-8-6-9(3-5-12(8)15)10-2-4-11(14(17)18)13(16)7-10/h2-7H,1H3,(H,17,18). The van der Waals surface area contributed by atoms with E-state index in [-0.39, 0.29) is 10.6 Å². The van der Waals surface area contributed by atoms with E-state index in [1.165, 1.54) is 6.07 Å². The van der Waals surface area contributed by atoms with Gasteiger partial charge in [0.05, 0.1) is 10.6 Å². The summed E-state index contributed by atoms with van der Waals surface area (Å²) in [4.78, 5) is 10.9.